The Kier molecular flexibility index (Phi) is 4.76. The first-order valence-corrected chi connectivity index (χ1v) is 9.24. The summed E-state index contributed by atoms with van der Waals surface area (Å²) < 4.78 is 11.4. The van der Waals surface area contributed by atoms with Gasteiger partial charge in [0.2, 0.25) is 5.91 Å². The third kappa shape index (κ3) is 4.08. The Morgan fingerprint density at radius 1 is 0.917 bits per heavy atom. The first-order chi connectivity index (χ1) is 11.5. The van der Waals surface area contributed by atoms with Crippen LogP contribution in [0.5, 0.6) is 0 Å². The highest BCUT2D eigenvalue weighted by molar-refractivity contribution is 7.84. The summed E-state index contributed by atoms with van der Waals surface area (Å²) in [6.45, 7) is 0. The van der Waals surface area contributed by atoms with Gasteiger partial charge >= 0.3 is 0 Å². The molecule has 1 fully saturated rings. The summed E-state index contributed by atoms with van der Waals surface area (Å²) in [5, 5.41) is 5.65. The number of carbonyl (C=O) groups is 2. The summed E-state index contributed by atoms with van der Waals surface area (Å²) in [5.74, 6) is -0.0248. The molecule has 0 aliphatic heterocycles. The second-order valence-corrected chi connectivity index (χ2v) is 7.15. The summed E-state index contributed by atoms with van der Waals surface area (Å²) >= 11 is 0. The normalized spacial score (nSPS) is 14.7. The molecule has 1 aliphatic carbocycles. The molecule has 2 aromatic carbocycles. The number of hydrogen-bond acceptors (Lipinski definition) is 3. The van der Waals surface area contributed by atoms with Gasteiger partial charge in [0.15, 0.2) is 0 Å². The van der Waals surface area contributed by atoms with Crippen LogP contribution >= 0.6 is 0 Å². The van der Waals surface area contributed by atoms with Crippen LogP contribution in [0, 0.1) is 5.92 Å². The summed E-state index contributed by atoms with van der Waals surface area (Å²) in [5.41, 5.74) is 1.86. The van der Waals surface area contributed by atoms with Gasteiger partial charge in [-0.1, -0.05) is 0 Å². The van der Waals surface area contributed by atoms with E-state index in [1.165, 1.54) is 0 Å². The van der Waals surface area contributed by atoms with Crippen molar-refractivity contribution in [2.24, 2.45) is 5.92 Å². The lowest BCUT2D eigenvalue weighted by molar-refractivity contribution is -0.117. The molecule has 0 spiro atoms. The average molecular weight is 342 g/mol. The van der Waals surface area contributed by atoms with Crippen LogP contribution in [0.1, 0.15) is 23.2 Å². The minimum absolute atomic E-state index is 0.0557. The van der Waals surface area contributed by atoms with Crippen molar-refractivity contribution in [1.29, 1.82) is 0 Å². The Bertz CT molecular complexity index is 781. The summed E-state index contributed by atoms with van der Waals surface area (Å²) in [6.07, 6.45) is 3.52. The molecule has 2 aromatic rings. The zero-order chi connectivity index (χ0) is 17.1. The Morgan fingerprint density at radius 2 is 1.46 bits per heavy atom. The number of nitrogens with one attached hydrogen (secondary N) is 2. The fraction of sp³-hybridized carbons (Fsp3) is 0.222. The molecule has 1 atom stereocenters. The zero-order valence-corrected chi connectivity index (χ0v) is 14.1. The first kappa shape index (κ1) is 16.4. The molecule has 6 heteroatoms. The van der Waals surface area contributed by atoms with Gasteiger partial charge in [-0.25, -0.2) is 0 Å². The van der Waals surface area contributed by atoms with Crippen LogP contribution in [-0.2, 0) is 15.6 Å². The van der Waals surface area contributed by atoms with Gasteiger partial charge in [0.1, 0.15) is 0 Å². The van der Waals surface area contributed by atoms with E-state index in [1.54, 1.807) is 54.8 Å². The fourth-order valence-corrected chi connectivity index (χ4v) is 2.75. The molecule has 1 unspecified atom stereocenters. The van der Waals surface area contributed by atoms with Gasteiger partial charge in [-0.05, 0) is 61.4 Å². The number of hydrogen-bond donors (Lipinski definition) is 2. The second-order valence-electron chi connectivity index (χ2n) is 5.77. The van der Waals surface area contributed by atoms with Crippen LogP contribution in [0.3, 0.4) is 0 Å². The van der Waals surface area contributed by atoms with Crippen LogP contribution in [0.2, 0.25) is 0 Å². The van der Waals surface area contributed by atoms with E-state index >= 15 is 0 Å². The molecule has 2 N–H and O–H groups in total. The molecular weight excluding hydrogens is 324 g/mol. The van der Waals surface area contributed by atoms with E-state index in [9.17, 15) is 13.8 Å². The van der Waals surface area contributed by atoms with E-state index in [4.69, 9.17) is 0 Å². The monoisotopic (exact) mass is 342 g/mol. The minimum Gasteiger partial charge on any atom is -0.326 e. The van der Waals surface area contributed by atoms with Crippen molar-refractivity contribution < 1.29 is 13.8 Å². The number of anilines is 2. The number of amides is 2. The van der Waals surface area contributed by atoms with Crippen molar-refractivity contribution in [3.63, 3.8) is 0 Å². The van der Waals surface area contributed by atoms with E-state index < -0.39 is 10.8 Å². The summed E-state index contributed by atoms with van der Waals surface area (Å²) in [6, 6.07) is 13.7. The van der Waals surface area contributed by atoms with Gasteiger partial charge < -0.3 is 10.6 Å². The maximum absolute atomic E-state index is 12.2. The largest absolute Gasteiger partial charge is 0.326 e. The van der Waals surface area contributed by atoms with Gasteiger partial charge in [0.05, 0.1) is 0 Å². The molecule has 5 nitrogen and oxygen atoms in total. The standard InChI is InChI=1S/C18H18N2O3S/c1-24(23)16-10-4-13(5-11-16)18(22)20-15-8-6-14(7-9-15)19-17(21)12-2-3-12/h4-12H,2-3H2,1H3,(H,19,21)(H,20,22). The van der Waals surface area contributed by atoms with E-state index in [-0.39, 0.29) is 17.7 Å². The topological polar surface area (TPSA) is 75.3 Å². The lowest BCUT2D eigenvalue weighted by Crippen LogP contribution is -2.14. The van der Waals surface area contributed by atoms with Crippen molar-refractivity contribution in [3.05, 3.63) is 54.1 Å². The van der Waals surface area contributed by atoms with E-state index in [1.807, 2.05) is 0 Å². The highest BCUT2D eigenvalue weighted by Crippen LogP contribution is 2.30. The zero-order valence-electron chi connectivity index (χ0n) is 13.2. The molecule has 0 heterocycles. The Balaban J connectivity index is 1.61. The predicted octanol–water partition coefficient (Wildman–Crippen LogP) is 3.02. The van der Waals surface area contributed by atoms with E-state index in [0.29, 0.717) is 16.1 Å². The van der Waals surface area contributed by atoms with Crippen molar-refractivity contribution in [1.82, 2.24) is 0 Å². The molecule has 0 radical (unpaired) electrons. The van der Waals surface area contributed by atoms with Crippen molar-refractivity contribution >= 4 is 34.0 Å². The van der Waals surface area contributed by atoms with Crippen molar-refractivity contribution in [2.45, 2.75) is 17.7 Å². The lowest BCUT2D eigenvalue weighted by atomic mass is 10.2. The molecule has 0 saturated heterocycles. The third-order valence-corrected chi connectivity index (χ3v) is 4.74. The Morgan fingerprint density at radius 3 is 1.96 bits per heavy atom. The molecule has 1 aliphatic rings. The maximum atomic E-state index is 12.2. The van der Waals surface area contributed by atoms with Gasteiger partial charge in [-0.2, -0.15) is 0 Å². The second kappa shape index (κ2) is 6.97. The first-order valence-electron chi connectivity index (χ1n) is 7.69. The highest BCUT2D eigenvalue weighted by Gasteiger charge is 2.29. The molecule has 3 rings (SSSR count). The predicted molar refractivity (Wildman–Crippen MR) is 94.5 cm³/mol. The van der Waals surface area contributed by atoms with Gasteiger partial charge in [0, 0.05) is 44.8 Å². The van der Waals surface area contributed by atoms with Crippen LogP contribution in [0.4, 0.5) is 11.4 Å². The highest BCUT2D eigenvalue weighted by atomic mass is 32.2. The SMILES string of the molecule is CS(=O)c1ccc(C(=O)Nc2ccc(NC(=O)C3CC3)cc2)cc1. The van der Waals surface area contributed by atoms with Crippen molar-refractivity contribution in [2.75, 3.05) is 16.9 Å². The number of benzene rings is 2. The van der Waals surface area contributed by atoms with E-state index in [0.717, 1.165) is 18.5 Å². The third-order valence-electron chi connectivity index (χ3n) is 3.81. The van der Waals surface area contributed by atoms with Crippen LogP contribution in [0.15, 0.2) is 53.4 Å². The molecular formula is C18H18N2O3S. The molecule has 24 heavy (non-hydrogen) atoms. The number of rotatable bonds is 5. The molecule has 124 valence electrons. The minimum atomic E-state index is -1.06. The molecule has 2 amide bonds. The fourth-order valence-electron chi connectivity index (χ4n) is 2.23. The van der Waals surface area contributed by atoms with Gasteiger partial charge in [-0.3, -0.25) is 13.8 Å². The van der Waals surface area contributed by atoms with Gasteiger partial charge in [-0.15, -0.1) is 0 Å². The van der Waals surface area contributed by atoms with Crippen LogP contribution in [0.25, 0.3) is 0 Å². The van der Waals surface area contributed by atoms with Crippen molar-refractivity contribution in [3.8, 4) is 0 Å². The molecule has 0 bridgehead atoms. The average Bonchev–Trinajstić information content (AvgIpc) is 3.41. The van der Waals surface area contributed by atoms with Crippen LogP contribution in [-0.4, -0.2) is 22.3 Å². The Hall–Kier alpha value is -2.47. The summed E-state index contributed by atoms with van der Waals surface area (Å²) in [4.78, 5) is 24.6. The summed E-state index contributed by atoms with van der Waals surface area (Å²) in [7, 11) is -1.06. The molecule has 1 saturated carbocycles. The smallest absolute Gasteiger partial charge is 0.255 e. The van der Waals surface area contributed by atoms with Crippen LogP contribution < -0.4 is 10.6 Å². The van der Waals surface area contributed by atoms with E-state index in [2.05, 4.69) is 10.6 Å². The number of carbonyl (C=O) groups excluding carboxylic acids is 2. The lowest BCUT2D eigenvalue weighted by Gasteiger charge is -2.08. The molecule has 0 aromatic heterocycles. The quantitative estimate of drug-likeness (QED) is 0.877. The Labute approximate surface area is 142 Å². The van der Waals surface area contributed by atoms with Gasteiger partial charge in [0.25, 0.3) is 5.91 Å². The maximum Gasteiger partial charge on any atom is 0.255 e.